The first-order chi connectivity index (χ1) is 12.6. The molecule has 2 aliphatic heterocycles. The third kappa shape index (κ3) is 6.96. The van der Waals surface area contributed by atoms with Gasteiger partial charge < -0.3 is 14.5 Å². The Morgan fingerprint density at radius 2 is 1.88 bits per heavy atom. The Bertz CT molecular complexity index is 675. The van der Waals surface area contributed by atoms with E-state index in [4.69, 9.17) is 9.15 Å². The van der Waals surface area contributed by atoms with Crippen molar-refractivity contribution in [2.45, 2.75) is 50.7 Å². The van der Waals surface area contributed by atoms with Gasteiger partial charge in [0.15, 0.2) is 5.78 Å². The molecular formula is C20H25NO4S. The fraction of sp³-hybridized carbons (Fsp3) is 0.400. The van der Waals surface area contributed by atoms with Crippen LogP contribution in [0, 0.1) is 0 Å². The Kier molecular flexibility index (Phi) is 8.28. The van der Waals surface area contributed by atoms with Crippen molar-refractivity contribution in [2.24, 2.45) is 0 Å². The molecule has 1 atom stereocenters. The number of ether oxygens (including phenoxy) is 1. The normalized spacial score (nSPS) is 12.1. The third-order valence-electron chi connectivity index (χ3n) is 3.67. The highest BCUT2D eigenvalue weighted by Gasteiger charge is 2.19. The minimum Gasteiger partial charge on any atom is -0.468 e. The molecule has 1 N–H and O–H groups in total. The average molecular weight is 375 g/mol. The standard InChI is InChI=1S/C14H21NO3S.C6H4O/c1-3-4-5-8-13(17)14(15-11(2)16)19-10-12-7-6-9-18-12;1-2-5-4-6(3-1)7-5/h6-7,9,14H,3-5,8,10H2,1-2H3,(H,15,16);1-4H/t14-;/m0./s1. The number of furan rings is 1. The summed E-state index contributed by atoms with van der Waals surface area (Å²) in [6.07, 6.45) is 5.13. The lowest BCUT2D eigenvalue weighted by Gasteiger charge is -2.15. The highest BCUT2D eigenvalue weighted by molar-refractivity contribution is 7.99. The van der Waals surface area contributed by atoms with Crippen molar-refractivity contribution in [3.05, 3.63) is 48.4 Å². The van der Waals surface area contributed by atoms with E-state index >= 15 is 0 Å². The Morgan fingerprint density at radius 3 is 2.35 bits per heavy atom. The van der Waals surface area contributed by atoms with Crippen molar-refractivity contribution >= 4 is 23.5 Å². The number of ketones is 1. The summed E-state index contributed by atoms with van der Waals surface area (Å²) in [5, 5.41) is 2.23. The molecule has 2 bridgehead atoms. The van der Waals surface area contributed by atoms with E-state index in [0.717, 1.165) is 36.5 Å². The summed E-state index contributed by atoms with van der Waals surface area (Å²) in [7, 11) is 0. The van der Waals surface area contributed by atoms with Crippen molar-refractivity contribution in [3.8, 4) is 11.5 Å². The van der Waals surface area contributed by atoms with E-state index in [1.807, 2.05) is 36.4 Å². The molecule has 1 aromatic carbocycles. The second-order valence-electron chi connectivity index (χ2n) is 5.97. The number of fused-ring (bicyclic) bond motifs is 2. The van der Waals surface area contributed by atoms with Crippen LogP contribution in [0.2, 0.25) is 0 Å². The first-order valence-corrected chi connectivity index (χ1v) is 9.85. The summed E-state index contributed by atoms with van der Waals surface area (Å²) in [4.78, 5) is 23.2. The van der Waals surface area contributed by atoms with E-state index in [0.29, 0.717) is 12.2 Å². The van der Waals surface area contributed by atoms with E-state index in [2.05, 4.69) is 12.2 Å². The number of rotatable bonds is 9. The van der Waals surface area contributed by atoms with Crippen LogP contribution in [0.25, 0.3) is 0 Å². The largest absolute Gasteiger partial charge is 0.468 e. The first kappa shape index (κ1) is 20.1. The second-order valence-corrected chi connectivity index (χ2v) is 7.06. The highest BCUT2D eigenvalue weighted by Crippen LogP contribution is 2.32. The number of hydrogen-bond donors (Lipinski definition) is 1. The van der Waals surface area contributed by atoms with Crippen molar-refractivity contribution < 1.29 is 18.7 Å². The SMILES string of the molecule is CCCCCC(=O)[C@@H](NC(C)=O)SCc1ccco1.c1cc2cc(c1)O2. The number of Topliss-reactive ketones (excluding diaryl/α,β-unsaturated/α-hetero) is 1. The maximum atomic E-state index is 12.0. The van der Waals surface area contributed by atoms with Crippen LogP contribution >= 0.6 is 11.8 Å². The summed E-state index contributed by atoms with van der Waals surface area (Å²) in [6.45, 7) is 3.53. The van der Waals surface area contributed by atoms with Gasteiger partial charge in [0.05, 0.1) is 12.0 Å². The molecule has 0 saturated carbocycles. The van der Waals surface area contributed by atoms with E-state index in [9.17, 15) is 9.59 Å². The fourth-order valence-corrected chi connectivity index (χ4v) is 3.37. The number of benzene rings is 1. The Labute approximate surface area is 158 Å². The number of carbonyl (C=O) groups is 2. The average Bonchev–Trinajstić information content (AvgIpc) is 3.12. The molecule has 3 heterocycles. The van der Waals surface area contributed by atoms with Gasteiger partial charge >= 0.3 is 0 Å². The van der Waals surface area contributed by atoms with E-state index < -0.39 is 5.37 Å². The fourth-order valence-electron chi connectivity index (χ4n) is 2.32. The summed E-state index contributed by atoms with van der Waals surface area (Å²) >= 11 is 1.40. The number of carbonyl (C=O) groups excluding carboxylic acids is 2. The molecule has 0 unspecified atom stereocenters. The molecule has 1 aromatic heterocycles. The van der Waals surface area contributed by atoms with Gasteiger partial charge in [0.1, 0.15) is 22.6 Å². The predicted octanol–water partition coefficient (Wildman–Crippen LogP) is 4.92. The third-order valence-corrected chi connectivity index (χ3v) is 4.83. The minimum atomic E-state index is -0.473. The molecule has 2 aromatic rings. The molecule has 5 nitrogen and oxygen atoms in total. The lowest BCUT2D eigenvalue weighted by Crippen LogP contribution is -2.37. The molecule has 2 aliphatic rings. The van der Waals surface area contributed by atoms with Gasteiger partial charge in [-0.05, 0) is 30.7 Å². The van der Waals surface area contributed by atoms with Crippen LogP contribution in [0.3, 0.4) is 0 Å². The van der Waals surface area contributed by atoms with Gasteiger partial charge in [-0.3, -0.25) is 9.59 Å². The number of hydrogen-bond acceptors (Lipinski definition) is 5. The van der Waals surface area contributed by atoms with Crippen molar-refractivity contribution in [2.75, 3.05) is 0 Å². The van der Waals surface area contributed by atoms with Gasteiger partial charge in [0.2, 0.25) is 5.91 Å². The molecule has 0 aliphatic carbocycles. The van der Waals surface area contributed by atoms with Crippen molar-refractivity contribution in [1.29, 1.82) is 0 Å². The van der Waals surface area contributed by atoms with Crippen LogP contribution in [0.5, 0.6) is 11.5 Å². The number of unbranched alkanes of at least 4 members (excludes halogenated alkanes) is 2. The molecule has 6 heteroatoms. The van der Waals surface area contributed by atoms with Crippen LogP contribution in [-0.2, 0) is 15.3 Å². The van der Waals surface area contributed by atoms with E-state index in [1.54, 1.807) is 6.26 Å². The second kappa shape index (κ2) is 10.7. The molecule has 4 rings (SSSR count). The van der Waals surface area contributed by atoms with Crippen LogP contribution in [0.4, 0.5) is 0 Å². The van der Waals surface area contributed by atoms with Crippen LogP contribution in [0.1, 0.15) is 45.3 Å². The van der Waals surface area contributed by atoms with Gasteiger partial charge in [-0.2, -0.15) is 0 Å². The highest BCUT2D eigenvalue weighted by atomic mass is 32.2. The van der Waals surface area contributed by atoms with Crippen LogP contribution < -0.4 is 10.1 Å². The van der Waals surface area contributed by atoms with Gasteiger partial charge in [0.25, 0.3) is 0 Å². The Hall–Kier alpha value is -2.21. The smallest absolute Gasteiger partial charge is 0.218 e. The topological polar surface area (TPSA) is 68.5 Å². The summed E-state index contributed by atoms with van der Waals surface area (Å²) < 4.78 is 10.2. The quantitative estimate of drug-likeness (QED) is 0.425. The zero-order chi connectivity index (χ0) is 18.8. The van der Waals surface area contributed by atoms with Crippen LogP contribution in [-0.4, -0.2) is 17.1 Å². The Balaban J connectivity index is 0.000000282. The zero-order valence-corrected chi connectivity index (χ0v) is 16.0. The molecule has 1 amide bonds. The lowest BCUT2D eigenvalue weighted by atomic mass is 10.1. The molecule has 0 spiro atoms. The molecule has 0 saturated heterocycles. The molecular weight excluding hydrogens is 350 g/mol. The predicted molar refractivity (Wildman–Crippen MR) is 103 cm³/mol. The molecule has 0 fully saturated rings. The maximum absolute atomic E-state index is 12.0. The number of amides is 1. The summed E-state index contributed by atoms with van der Waals surface area (Å²) in [5.41, 5.74) is 0. The number of thioether (sulfide) groups is 1. The van der Waals surface area contributed by atoms with Crippen molar-refractivity contribution in [1.82, 2.24) is 5.32 Å². The first-order valence-electron chi connectivity index (χ1n) is 8.80. The van der Waals surface area contributed by atoms with E-state index in [-0.39, 0.29) is 11.7 Å². The maximum Gasteiger partial charge on any atom is 0.218 e. The summed E-state index contributed by atoms with van der Waals surface area (Å²) in [5.74, 6) is 3.26. The monoisotopic (exact) mass is 375 g/mol. The van der Waals surface area contributed by atoms with Gasteiger partial charge in [-0.1, -0.05) is 25.8 Å². The van der Waals surface area contributed by atoms with Gasteiger partial charge in [0, 0.05) is 19.4 Å². The Morgan fingerprint density at radius 1 is 1.15 bits per heavy atom. The van der Waals surface area contributed by atoms with E-state index in [1.165, 1.54) is 18.7 Å². The van der Waals surface area contributed by atoms with Crippen LogP contribution in [0.15, 0.2) is 47.1 Å². The number of nitrogens with one attached hydrogen (secondary N) is 1. The molecule has 26 heavy (non-hydrogen) atoms. The molecule has 140 valence electrons. The minimum absolute atomic E-state index is 0.0835. The van der Waals surface area contributed by atoms with Crippen molar-refractivity contribution in [3.63, 3.8) is 0 Å². The van der Waals surface area contributed by atoms with Gasteiger partial charge in [-0.25, -0.2) is 0 Å². The lowest BCUT2D eigenvalue weighted by molar-refractivity contribution is -0.124. The zero-order valence-electron chi connectivity index (χ0n) is 15.2. The molecule has 0 radical (unpaired) electrons. The summed E-state index contributed by atoms with van der Waals surface area (Å²) in [6, 6.07) is 11.5. The van der Waals surface area contributed by atoms with Gasteiger partial charge in [-0.15, -0.1) is 11.8 Å².